The number of hydrogen-bond donors (Lipinski definition) is 2. The molecule has 11 heavy (non-hydrogen) atoms. The molecule has 0 rings (SSSR count). The zero-order chi connectivity index (χ0) is 8.69. The molecule has 64 valence electrons. The van der Waals surface area contributed by atoms with E-state index in [1.54, 1.807) is 6.92 Å². The highest BCUT2D eigenvalue weighted by atomic mass is 16.1. The van der Waals surface area contributed by atoms with Crippen LogP contribution in [0.3, 0.4) is 0 Å². The van der Waals surface area contributed by atoms with Gasteiger partial charge in [-0.05, 0) is 13.3 Å². The van der Waals surface area contributed by atoms with Crippen molar-refractivity contribution in [3.05, 3.63) is 0 Å². The van der Waals surface area contributed by atoms with E-state index < -0.39 is 0 Å². The van der Waals surface area contributed by atoms with Crippen molar-refractivity contribution in [1.82, 2.24) is 5.32 Å². The minimum absolute atomic E-state index is 0.0362. The molecule has 0 saturated carbocycles. The molecule has 0 fully saturated rings. The third-order valence-electron chi connectivity index (χ3n) is 1.33. The van der Waals surface area contributed by atoms with Crippen molar-refractivity contribution in [3.8, 4) is 0 Å². The van der Waals surface area contributed by atoms with Crippen LogP contribution in [0.15, 0.2) is 0 Å². The molecular formula is C8H16N2O. The van der Waals surface area contributed by atoms with Gasteiger partial charge in [0.25, 0.3) is 0 Å². The molecule has 1 amide bonds. The normalized spacial score (nSPS) is 9.27. The number of rotatable bonds is 4. The molecule has 0 spiro atoms. The van der Waals surface area contributed by atoms with Gasteiger partial charge in [0.05, 0.1) is 5.84 Å². The van der Waals surface area contributed by atoms with Gasteiger partial charge in [-0.1, -0.05) is 19.8 Å². The summed E-state index contributed by atoms with van der Waals surface area (Å²) >= 11 is 0. The van der Waals surface area contributed by atoms with Crippen molar-refractivity contribution in [1.29, 1.82) is 5.41 Å². The van der Waals surface area contributed by atoms with Gasteiger partial charge in [-0.2, -0.15) is 0 Å². The van der Waals surface area contributed by atoms with Crippen LogP contribution in [0.5, 0.6) is 0 Å². The molecule has 0 heterocycles. The lowest BCUT2D eigenvalue weighted by molar-refractivity contribution is -0.119. The number of carbonyl (C=O) groups is 1. The molecule has 2 N–H and O–H groups in total. The van der Waals surface area contributed by atoms with Crippen LogP contribution in [0.2, 0.25) is 0 Å². The standard InChI is InChI=1S/C8H16N2O/c1-3-4-5-6-8(11)10-7(2)9/h3-6H2,1-2H3,(H2,9,10,11). The van der Waals surface area contributed by atoms with Crippen LogP contribution >= 0.6 is 0 Å². The molecule has 0 aliphatic rings. The topological polar surface area (TPSA) is 53.0 Å². The van der Waals surface area contributed by atoms with Gasteiger partial charge < -0.3 is 5.32 Å². The van der Waals surface area contributed by atoms with Crippen LogP contribution < -0.4 is 5.32 Å². The number of nitrogens with one attached hydrogen (secondary N) is 2. The molecular weight excluding hydrogens is 140 g/mol. The predicted molar refractivity (Wildman–Crippen MR) is 45.7 cm³/mol. The molecule has 0 unspecified atom stereocenters. The van der Waals surface area contributed by atoms with Crippen molar-refractivity contribution in [2.24, 2.45) is 0 Å². The van der Waals surface area contributed by atoms with Gasteiger partial charge >= 0.3 is 0 Å². The van der Waals surface area contributed by atoms with E-state index in [0.717, 1.165) is 19.3 Å². The minimum atomic E-state index is -0.0362. The first kappa shape index (κ1) is 10.1. The molecule has 3 heteroatoms. The number of amidine groups is 1. The monoisotopic (exact) mass is 156 g/mol. The highest BCUT2D eigenvalue weighted by molar-refractivity contribution is 5.95. The Bertz CT molecular complexity index is 143. The summed E-state index contributed by atoms with van der Waals surface area (Å²) in [4.78, 5) is 10.9. The van der Waals surface area contributed by atoms with Crippen LogP contribution in [0.4, 0.5) is 0 Å². The van der Waals surface area contributed by atoms with Gasteiger partial charge in [-0.3, -0.25) is 10.2 Å². The highest BCUT2D eigenvalue weighted by Crippen LogP contribution is 1.97. The van der Waals surface area contributed by atoms with Gasteiger partial charge in [-0.15, -0.1) is 0 Å². The lowest BCUT2D eigenvalue weighted by Gasteiger charge is -2.00. The second-order valence-corrected chi connectivity index (χ2v) is 2.63. The van der Waals surface area contributed by atoms with Crippen molar-refractivity contribution in [2.45, 2.75) is 39.5 Å². The van der Waals surface area contributed by atoms with E-state index in [9.17, 15) is 4.79 Å². The molecule has 0 aromatic heterocycles. The summed E-state index contributed by atoms with van der Waals surface area (Å²) in [7, 11) is 0. The summed E-state index contributed by atoms with van der Waals surface area (Å²) in [5.74, 6) is 0.192. The molecule has 0 aliphatic heterocycles. The average molecular weight is 156 g/mol. The van der Waals surface area contributed by atoms with E-state index >= 15 is 0 Å². The quantitative estimate of drug-likeness (QED) is 0.363. The van der Waals surface area contributed by atoms with Crippen molar-refractivity contribution >= 4 is 11.7 Å². The largest absolute Gasteiger partial charge is 0.315 e. The Morgan fingerprint density at radius 2 is 2.09 bits per heavy atom. The summed E-state index contributed by atoms with van der Waals surface area (Å²) in [5.41, 5.74) is 0. The van der Waals surface area contributed by atoms with E-state index in [1.807, 2.05) is 0 Å². The Morgan fingerprint density at radius 1 is 1.45 bits per heavy atom. The predicted octanol–water partition coefficient (Wildman–Crippen LogP) is 1.68. The molecule has 0 saturated heterocycles. The maximum absolute atomic E-state index is 10.9. The summed E-state index contributed by atoms with van der Waals surface area (Å²) in [5, 5.41) is 9.42. The Kier molecular flexibility index (Phi) is 5.43. The van der Waals surface area contributed by atoms with E-state index in [-0.39, 0.29) is 11.7 Å². The fourth-order valence-corrected chi connectivity index (χ4v) is 0.807. The van der Waals surface area contributed by atoms with Gasteiger partial charge in [0.15, 0.2) is 0 Å². The fraction of sp³-hybridized carbons (Fsp3) is 0.750. The maximum Gasteiger partial charge on any atom is 0.225 e. The van der Waals surface area contributed by atoms with E-state index in [4.69, 9.17) is 5.41 Å². The van der Waals surface area contributed by atoms with Crippen LogP contribution in [0.1, 0.15) is 39.5 Å². The van der Waals surface area contributed by atoms with Gasteiger partial charge in [0, 0.05) is 6.42 Å². The Balaban J connectivity index is 3.30. The third kappa shape index (κ3) is 7.03. The molecule has 3 nitrogen and oxygen atoms in total. The Morgan fingerprint density at radius 3 is 2.55 bits per heavy atom. The SMILES string of the molecule is CCCCCC(=O)NC(C)=N. The Labute approximate surface area is 67.7 Å². The van der Waals surface area contributed by atoms with E-state index in [1.165, 1.54) is 0 Å². The average Bonchev–Trinajstić information content (AvgIpc) is 1.86. The van der Waals surface area contributed by atoms with Gasteiger partial charge in [0.1, 0.15) is 0 Å². The zero-order valence-corrected chi connectivity index (χ0v) is 7.24. The zero-order valence-electron chi connectivity index (χ0n) is 7.24. The first-order valence-electron chi connectivity index (χ1n) is 4.01. The fourth-order valence-electron chi connectivity index (χ4n) is 0.807. The number of unbranched alkanes of at least 4 members (excludes halogenated alkanes) is 2. The van der Waals surface area contributed by atoms with Crippen LogP contribution in [-0.4, -0.2) is 11.7 Å². The molecule has 0 atom stereocenters. The second kappa shape index (κ2) is 5.89. The number of carbonyl (C=O) groups excluding carboxylic acids is 1. The number of hydrogen-bond acceptors (Lipinski definition) is 2. The van der Waals surface area contributed by atoms with Crippen molar-refractivity contribution < 1.29 is 4.79 Å². The third-order valence-corrected chi connectivity index (χ3v) is 1.33. The van der Waals surface area contributed by atoms with E-state index in [0.29, 0.717) is 6.42 Å². The summed E-state index contributed by atoms with van der Waals surface area (Å²) in [6.07, 6.45) is 3.68. The summed E-state index contributed by atoms with van der Waals surface area (Å²) < 4.78 is 0. The molecule has 0 radical (unpaired) electrons. The molecule has 0 aliphatic carbocycles. The van der Waals surface area contributed by atoms with E-state index in [2.05, 4.69) is 12.2 Å². The van der Waals surface area contributed by atoms with Gasteiger partial charge in [-0.25, -0.2) is 0 Å². The Hall–Kier alpha value is -0.860. The van der Waals surface area contributed by atoms with Crippen molar-refractivity contribution in [2.75, 3.05) is 0 Å². The lowest BCUT2D eigenvalue weighted by atomic mass is 10.2. The van der Waals surface area contributed by atoms with Gasteiger partial charge in [0.2, 0.25) is 5.91 Å². The van der Waals surface area contributed by atoms with Crippen LogP contribution in [0, 0.1) is 5.41 Å². The van der Waals surface area contributed by atoms with Crippen molar-refractivity contribution in [3.63, 3.8) is 0 Å². The summed E-state index contributed by atoms with van der Waals surface area (Å²) in [6.45, 7) is 3.66. The first-order valence-corrected chi connectivity index (χ1v) is 4.01. The lowest BCUT2D eigenvalue weighted by Crippen LogP contribution is -2.26. The number of amides is 1. The molecule has 0 aromatic carbocycles. The molecule has 0 bridgehead atoms. The maximum atomic E-state index is 10.9. The van der Waals surface area contributed by atoms with Crippen LogP contribution in [0.25, 0.3) is 0 Å². The minimum Gasteiger partial charge on any atom is -0.315 e. The highest BCUT2D eigenvalue weighted by Gasteiger charge is 1.99. The summed E-state index contributed by atoms with van der Waals surface area (Å²) in [6, 6.07) is 0. The first-order chi connectivity index (χ1) is 5.16. The van der Waals surface area contributed by atoms with Crippen LogP contribution in [-0.2, 0) is 4.79 Å². The molecule has 0 aromatic rings. The smallest absolute Gasteiger partial charge is 0.225 e. The second-order valence-electron chi connectivity index (χ2n) is 2.63.